The van der Waals surface area contributed by atoms with Gasteiger partial charge >= 0.3 is 0 Å². The Balaban J connectivity index is 1.53. The second-order valence-electron chi connectivity index (χ2n) is 7.22. The molecule has 0 fully saturated rings. The maximum atomic E-state index is 13.4. The average Bonchev–Trinajstić information content (AvgIpc) is 2.79. The number of ketones is 1. The fraction of sp³-hybridized carbons (Fsp3) is 0.0800. The van der Waals surface area contributed by atoms with Gasteiger partial charge in [-0.3, -0.25) is 4.79 Å². The van der Waals surface area contributed by atoms with Gasteiger partial charge in [-0.1, -0.05) is 36.4 Å². The first-order valence-electron chi connectivity index (χ1n) is 9.95. The fourth-order valence-corrected chi connectivity index (χ4v) is 3.55. The summed E-state index contributed by atoms with van der Waals surface area (Å²) in [6, 6.07) is 17.5. The molecule has 7 heteroatoms. The molecule has 0 saturated carbocycles. The molecule has 1 aromatic heterocycles. The van der Waals surface area contributed by atoms with Gasteiger partial charge in [-0.25, -0.2) is 14.4 Å². The normalized spacial score (nSPS) is 10.7. The molecule has 0 spiro atoms. The van der Waals surface area contributed by atoms with E-state index in [2.05, 4.69) is 27.2 Å². The van der Waals surface area contributed by atoms with Crippen LogP contribution in [0.5, 0.6) is 0 Å². The fourth-order valence-electron chi connectivity index (χ4n) is 3.30. The van der Waals surface area contributed by atoms with E-state index in [0.29, 0.717) is 17.4 Å². The van der Waals surface area contributed by atoms with Gasteiger partial charge in [0.05, 0.1) is 16.2 Å². The van der Waals surface area contributed by atoms with Crippen molar-refractivity contribution in [2.24, 2.45) is 0 Å². The van der Waals surface area contributed by atoms with Crippen LogP contribution in [0.15, 0.2) is 79.6 Å². The topological polar surface area (TPSA) is 66.9 Å². The number of carbonyl (C=O) groups is 1. The molecule has 0 aliphatic rings. The number of benzene rings is 3. The Hall–Kier alpha value is -3.77. The smallest absolute Gasteiger partial charge is 0.159 e. The van der Waals surface area contributed by atoms with E-state index in [1.54, 1.807) is 12.1 Å². The summed E-state index contributed by atoms with van der Waals surface area (Å²) in [5.41, 5.74) is 3.92. The van der Waals surface area contributed by atoms with E-state index in [0.717, 1.165) is 33.4 Å². The monoisotopic (exact) mass is 446 g/mol. The lowest BCUT2D eigenvalue weighted by Crippen LogP contribution is -2.02. The minimum atomic E-state index is -0.274. The number of halogens is 2. The number of anilines is 3. The minimum absolute atomic E-state index is 0.0520. The van der Waals surface area contributed by atoms with Gasteiger partial charge < -0.3 is 10.6 Å². The lowest BCUT2D eigenvalue weighted by atomic mass is 10.1. The van der Waals surface area contributed by atoms with Crippen LogP contribution in [0.3, 0.4) is 0 Å². The molecule has 0 unspecified atom stereocenters. The third-order valence-electron chi connectivity index (χ3n) is 4.91. The quantitative estimate of drug-likeness (QED) is 0.321. The molecule has 32 heavy (non-hydrogen) atoms. The molecule has 0 atom stereocenters. The summed E-state index contributed by atoms with van der Waals surface area (Å²) in [4.78, 5) is 20.4. The minimum Gasteiger partial charge on any atom is -0.380 e. The van der Waals surface area contributed by atoms with Crippen LogP contribution in [0.4, 0.5) is 21.6 Å². The van der Waals surface area contributed by atoms with Crippen molar-refractivity contribution in [3.05, 3.63) is 102 Å². The summed E-state index contributed by atoms with van der Waals surface area (Å²) in [6.07, 6.45) is 3.07. The molecule has 3 aromatic carbocycles. The summed E-state index contributed by atoms with van der Waals surface area (Å²) >= 11 is 6.45. The highest BCUT2D eigenvalue weighted by Crippen LogP contribution is 2.29. The molecule has 0 saturated heterocycles. The van der Waals surface area contributed by atoms with Crippen molar-refractivity contribution in [1.82, 2.24) is 9.97 Å². The number of fused-ring (bicyclic) bond motifs is 1. The van der Waals surface area contributed by atoms with E-state index < -0.39 is 0 Å². The predicted octanol–water partition coefficient (Wildman–Crippen LogP) is 6.08. The molecular formula is C25H20ClFN4O. The van der Waals surface area contributed by atoms with Crippen molar-refractivity contribution >= 4 is 45.5 Å². The van der Waals surface area contributed by atoms with Crippen molar-refractivity contribution in [1.29, 1.82) is 0 Å². The van der Waals surface area contributed by atoms with Gasteiger partial charge in [0, 0.05) is 24.0 Å². The van der Waals surface area contributed by atoms with Crippen LogP contribution in [0.1, 0.15) is 11.1 Å². The Bertz CT molecular complexity index is 1310. The van der Waals surface area contributed by atoms with Crippen molar-refractivity contribution in [2.75, 3.05) is 10.6 Å². The number of nitrogens with zero attached hydrogens (tertiary/aromatic N) is 2. The van der Waals surface area contributed by atoms with Crippen molar-refractivity contribution in [3.63, 3.8) is 0 Å². The first-order chi connectivity index (χ1) is 15.5. The van der Waals surface area contributed by atoms with Gasteiger partial charge in [0.25, 0.3) is 0 Å². The van der Waals surface area contributed by atoms with Gasteiger partial charge in [0.1, 0.15) is 18.0 Å². The van der Waals surface area contributed by atoms with Crippen molar-refractivity contribution in [3.8, 4) is 0 Å². The number of hydrogen-bond acceptors (Lipinski definition) is 5. The van der Waals surface area contributed by atoms with E-state index in [-0.39, 0.29) is 18.0 Å². The Morgan fingerprint density at radius 3 is 2.72 bits per heavy atom. The van der Waals surface area contributed by atoms with Gasteiger partial charge in [-0.15, -0.1) is 0 Å². The Morgan fingerprint density at radius 1 is 1.06 bits per heavy atom. The number of aromatic nitrogens is 2. The van der Waals surface area contributed by atoms with Gasteiger partial charge in [0.2, 0.25) is 0 Å². The zero-order valence-corrected chi connectivity index (χ0v) is 17.9. The number of hydrogen-bond donors (Lipinski definition) is 2. The molecule has 0 amide bonds. The lowest BCUT2D eigenvalue weighted by molar-refractivity contribution is -0.114. The van der Waals surface area contributed by atoms with Crippen LogP contribution in [-0.2, 0) is 17.8 Å². The van der Waals surface area contributed by atoms with Gasteiger partial charge in [-0.05, 0) is 59.7 Å². The summed E-state index contributed by atoms with van der Waals surface area (Å²) in [5.74, 6) is 0.285. The Kier molecular flexibility index (Phi) is 6.42. The molecule has 160 valence electrons. The molecule has 1 heterocycles. The predicted molar refractivity (Wildman–Crippen MR) is 127 cm³/mol. The molecule has 5 nitrogen and oxygen atoms in total. The third-order valence-corrected chi connectivity index (χ3v) is 5.22. The highest BCUT2D eigenvalue weighted by atomic mass is 35.5. The number of rotatable bonds is 8. The van der Waals surface area contributed by atoms with Crippen LogP contribution in [-0.4, -0.2) is 15.8 Å². The van der Waals surface area contributed by atoms with Crippen molar-refractivity contribution in [2.45, 2.75) is 13.0 Å². The van der Waals surface area contributed by atoms with Crippen LogP contribution >= 0.6 is 11.6 Å². The molecule has 0 aliphatic heterocycles. The van der Waals surface area contributed by atoms with Gasteiger partial charge in [0.15, 0.2) is 5.78 Å². The van der Waals surface area contributed by atoms with Crippen LogP contribution in [0.2, 0.25) is 5.02 Å². The summed E-state index contributed by atoms with van der Waals surface area (Å²) < 4.78 is 13.4. The maximum Gasteiger partial charge on any atom is 0.159 e. The summed E-state index contributed by atoms with van der Waals surface area (Å²) in [7, 11) is 0. The number of nitrogens with one attached hydrogen (secondary N) is 2. The molecule has 4 rings (SSSR count). The van der Waals surface area contributed by atoms with Crippen LogP contribution < -0.4 is 10.6 Å². The van der Waals surface area contributed by atoms with Crippen LogP contribution in [0.25, 0.3) is 10.9 Å². The maximum absolute atomic E-state index is 13.4. The van der Waals surface area contributed by atoms with Gasteiger partial charge in [-0.2, -0.15) is 0 Å². The Labute approximate surface area is 190 Å². The first-order valence-corrected chi connectivity index (χ1v) is 10.3. The second kappa shape index (κ2) is 9.58. The summed E-state index contributed by atoms with van der Waals surface area (Å²) in [5, 5.41) is 7.80. The highest BCUT2D eigenvalue weighted by molar-refractivity contribution is 6.33. The van der Waals surface area contributed by atoms with E-state index in [1.165, 1.54) is 24.5 Å². The zero-order chi connectivity index (χ0) is 22.5. The Morgan fingerprint density at radius 2 is 1.94 bits per heavy atom. The SMILES string of the molecule is C=CC(=O)Cc1ccc2ncnc(Nc3ccc(NCc4cccc(F)c4)c(Cl)c3)c2c1. The van der Waals surface area contributed by atoms with E-state index in [9.17, 15) is 9.18 Å². The molecule has 0 radical (unpaired) electrons. The molecule has 4 aromatic rings. The second-order valence-corrected chi connectivity index (χ2v) is 7.63. The van der Waals surface area contributed by atoms with E-state index >= 15 is 0 Å². The number of carbonyl (C=O) groups excluding carboxylic acids is 1. The average molecular weight is 447 g/mol. The van der Waals surface area contributed by atoms with Crippen molar-refractivity contribution < 1.29 is 9.18 Å². The van der Waals surface area contributed by atoms with E-state index in [1.807, 2.05) is 36.4 Å². The first kappa shape index (κ1) is 21.5. The molecular weight excluding hydrogens is 427 g/mol. The molecule has 0 aliphatic carbocycles. The third kappa shape index (κ3) is 5.10. The number of allylic oxidation sites excluding steroid dienone is 1. The standard InChI is InChI=1S/C25H20ClFN4O/c1-2-20(32)11-16-6-8-23-21(12-16)25(30-15-29-23)31-19-7-9-24(22(26)13-19)28-14-17-4-3-5-18(27)10-17/h2-10,12-13,15,28H,1,11,14H2,(H,29,30,31). The largest absolute Gasteiger partial charge is 0.380 e. The highest BCUT2D eigenvalue weighted by Gasteiger charge is 2.09. The van der Waals surface area contributed by atoms with E-state index in [4.69, 9.17) is 11.6 Å². The van der Waals surface area contributed by atoms with Crippen LogP contribution in [0, 0.1) is 5.82 Å². The molecule has 2 N–H and O–H groups in total. The molecule has 0 bridgehead atoms. The lowest BCUT2D eigenvalue weighted by Gasteiger charge is -2.13. The zero-order valence-electron chi connectivity index (χ0n) is 17.1. The summed E-state index contributed by atoms with van der Waals surface area (Å²) in [6.45, 7) is 3.97.